The number of pyridine rings is 1. The first-order valence-electron chi connectivity index (χ1n) is 16.5. The minimum atomic E-state index is -0.421. The number of esters is 1. The minimum absolute atomic E-state index is 0.0366. The average Bonchev–Trinajstić information content (AvgIpc) is 3.80. The lowest BCUT2D eigenvalue weighted by Crippen LogP contribution is -2.74. The Bertz CT molecular complexity index is 2110. The molecule has 10 rings (SSSR count). The maximum Gasteiger partial charge on any atom is 0.330 e. The molecule has 0 radical (unpaired) electrons. The molecule has 4 aromatic rings. The number of hydrogen-bond acceptors (Lipinski definition) is 10. The van der Waals surface area contributed by atoms with Gasteiger partial charge in [-0.05, 0) is 90.4 Å². The predicted octanol–water partition coefficient (Wildman–Crippen LogP) is 5.25. The molecule has 6 aliphatic heterocycles. The summed E-state index contributed by atoms with van der Waals surface area (Å²) in [6, 6.07) is 20.4. The van der Waals surface area contributed by atoms with E-state index in [0.29, 0.717) is 18.6 Å². The standard InChI is InChI=1S/C38H32N4O6/c1-38-15-29-30(16-39)41-28(37(42(29)38)25-13-34-35(14-26(25)38)48-20-47-34)10-23-11-32-33(46-19-45-32)12-24(23)31(41)18-44-36(43)8-4-5-21-9-22-6-2-3-7-27(22)40-17-21/h2-4,6-9,11-14,17,28-31,37H,5,10,15,18-20H2,1H3. The summed E-state index contributed by atoms with van der Waals surface area (Å²) in [5.41, 5.74) is 6.37. The number of carbonyl (C=O) groups excluding carboxylic acids is 1. The largest absolute Gasteiger partial charge is 0.460 e. The molecule has 7 heterocycles. The Morgan fingerprint density at radius 1 is 1.02 bits per heavy atom. The van der Waals surface area contributed by atoms with E-state index in [-0.39, 0.29) is 55.9 Å². The number of allylic oxidation sites excluding steroid dienone is 1. The lowest BCUT2D eigenvalue weighted by molar-refractivity contribution is -0.184. The second-order valence-electron chi connectivity index (χ2n) is 13.7. The van der Waals surface area contributed by atoms with Gasteiger partial charge in [-0.25, -0.2) is 4.79 Å². The third-order valence-corrected chi connectivity index (χ3v) is 11.3. The van der Waals surface area contributed by atoms with Gasteiger partial charge in [-0.1, -0.05) is 24.3 Å². The maximum absolute atomic E-state index is 13.2. The molecule has 10 heteroatoms. The van der Waals surface area contributed by atoms with Gasteiger partial charge in [-0.2, -0.15) is 5.26 Å². The van der Waals surface area contributed by atoms with Crippen LogP contribution >= 0.6 is 0 Å². The van der Waals surface area contributed by atoms with E-state index in [1.54, 1.807) is 0 Å². The maximum atomic E-state index is 13.2. The number of ether oxygens (including phenoxy) is 5. The molecule has 6 aliphatic rings. The molecule has 48 heavy (non-hydrogen) atoms. The fraction of sp³-hybridized carbons (Fsp3) is 0.342. The number of piperazine rings is 1. The van der Waals surface area contributed by atoms with E-state index < -0.39 is 5.97 Å². The SMILES string of the molecule is CC12CC3C(C#N)N4C(COC(=O)C=CCc5cnc6ccccc6c5)c5cc6c(cc5CC4C(c4cc5c(cc41)OCO5)N32)OCO6. The highest BCUT2D eigenvalue weighted by molar-refractivity contribution is 5.82. The molecule has 6 unspecified atom stereocenters. The summed E-state index contributed by atoms with van der Waals surface area (Å²) in [6.45, 7) is 2.77. The van der Waals surface area contributed by atoms with Crippen molar-refractivity contribution < 1.29 is 28.5 Å². The summed E-state index contributed by atoms with van der Waals surface area (Å²) in [6.07, 6.45) is 7.27. The number of nitrogens with zero attached hydrogens (tertiary/aromatic N) is 4. The highest BCUT2D eigenvalue weighted by Gasteiger charge is 2.68. The summed E-state index contributed by atoms with van der Waals surface area (Å²) in [7, 11) is 0. The number of aromatic nitrogens is 1. The molecular weight excluding hydrogens is 608 g/mol. The van der Waals surface area contributed by atoms with Crippen LogP contribution in [-0.4, -0.2) is 59.1 Å². The van der Waals surface area contributed by atoms with Crippen molar-refractivity contribution in [2.75, 3.05) is 20.2 Å². The quantitative estimate of drug-likeness (QED) is 0.212. The summed E-state index contributed by atoms with van der Waals surface area (Å²) >= 11 is 0. The van der Waals surface area contributed by atoms with Gasteiger partial charge >= 0.3 is 5.97 Å². The second-order valence-corrected chi connectivity index (χ2v) is 13.7. The Morgan fingerprint density at radius 3 is 2.58 bits per heavy atom. The fourth-order valence-electron chi connectivity index (χ4n) is 9.24. The van der Waals surface area contributed by atoms with Gasteiger partial charge in [0.15, 0.2) is 23.0 Å². The van der Waals surface area contributed by atoms with Crippen LogP contribution < -0.4 is 18.9 Å². The number of benzene rings is 3. The van der Waals surface area contributed by atoms with Crippen molar-refractivity contribution in [2.45, 2.75) is 61.9 Å². The van der Waals surface area contributed by atoms with Gasteiger partial charge in [0.05, 0.1) is 23.7 Å². The average molecular weight is 641 g/mol. The van der Waals surface area contributed by atoms with Crippen LogP contribution in [-0.2, 0) is 27.9 Å². The molecule has 0 spiro atoms. The van der Waals surface area contributed by atoms with E-state index >= 15 is 0 Å². The zero-order chi connectivity index (χ0) is 32.1. The number of carbonyl (C=O) groups is 1. The number of fused-ring (bicyclic) bond motifs is 9. The van der Waals surface area contributed by atoms with Crippen molar-refractivity contribution in [1.29, 1.82) is 5.26 Å². The van der Waals surface area contributed by atoms with Crippen molar-refractivity contribution in [3.05, 3.63) is 101 Å². The molecule has 0 bridgehead atoms. The Hall–Kier alpha value is -5.11. The van der Waals surface area contributed by atoms with E-state index in [1.807, 2.05) is 42.6 Å². The van der Waals surface area contributed by atoms with Crippen LogP contribution in [0.1, 0.15) is 53.2 Å². The summed E-state index contributed by atoms with van der Waals surface area (Å²) in [5.74, 6) is 2.52. The van der Waals surface area contributed by atoms with E-state index in [9.17, 15) is 10.1 Å². The lowest BCUT2D eigenvalue weighted by atomic mass is 9.71. The molecule has 10 nitrogen and oxygen atoms in total. The van der Waals surface area contributed by atoms with Crippen molar-refractivity contribution in [3.8, 4) is 29.1 Å². The van der Waals surface area contributed by atoms with Gasteiger partial charge < -0.3 is 23.7 Å². The third kappa shape index (κ3) is 3.92. The first kappa shape index (κ1) is 28.0. The lowest BCUT2D eigenvalue weighted by Gasteiger charge is -2.65. The zero-order valence-corrected chi connectivity index (χ0v) is 26.3. The van der Waals surface area contributed by atoms with Gasteiger partial charge in [0, 0.05) is 35.3 Å². The van der Waals surface area contributed by atoms with Crippen LogP contribution in [0.2, 0.25) is 0 Å². The van der Waals surface area contributed by atoms with Crippen molar-refractivity contribution >= 4 is 16.9 Å². The molecule has 2 fully saturated rings. The van der Waals surface area contributed by atoms with E-state index in [0.717, 1.165) is 51.3 Å². The molecule has 0 N–H and O–H groups in total. The summed E-state index contributed by atoms with van der Waals surface area (Å²) in [5, 5.41) is 11.8. The molecule has 3 aromatic carbocycles. The molecular formula is C38H32N4O6. The van der Waals surface area contributed by atoms with Crippen LogP contribution in [0.4, 0.5) is 0 Å². The van der Waals surface area contributed by atoms with E-state index in [1.165, 1.54) is 17.2 Å². The molecule has 0 saturated carbocycles. The van der Waals surface area contributed by atoms with Crippen LogP contribution in [0.15, 0.2) is 72.9 Å². The van der Waals surface area contributed by atoms with Crippen LogP contribution in [0, 0.1) is 11.3 Å². The highest BCUT2D eigenvalue weighted by atomic mass is 16.7. The Labute approximate surface area is 277 Å². The predicted molar refractivity (Wildman–Crippen MR) is 172 cm³/mol. The second kappa shape index (κ2) is 10.2. The fourth-order valence-corrected chi connectivity index (χ4v) is 9.24. The van der Waals surface area contributed by atoms with Crippen molar-refractivity contribution in [2.24, 2.45) is 0 Å². The molecule has 2 saturated heterocycles. The summed E-state index contributed by atoms with van der Waals surface area (Å²) < 4.78 is 29.2. The zero-order valence-electron chi connectivity index (χ0n) is 26.3. The van der Waals surface area contributed by atoms with E-state index in [4.69, 9.17) is 23.7 Å². The Kier molecular flexibility index (Phi) is 5.94. The monoisotopic (exact) mass is 640 g/mol. The number of hydrogen-bond donors (Lipinski definition) is 0. The minimum Gasteiger partial charge on any atom is -0.460 e. The van der Waals surface area contributed by atoms with Crippen molar-refractivity contribution in [1.82, 2.24) is 14.8 Å². The number of rotatable bonds is 5. The normalized spacial score (nSPS) is 28.7. The Morgan fingerprint density at radius 2 is 1.77 bits per heavy atom. The van der Waals surface area contributed by atoms with Gasteiger partial charge in [0.1, 0.15) is 12.6 Å². The first-order valence-corrected chi connectivity index (χ1v) is 16.5. The Balaban J connectivity index is 0.977. The van der Waals surface area contributed by atoms with Gasteiger partial charge in [-0.3, -0.25) is 14.8 Å². The molecule has 0 amide bonds. The molecule has 240 valence electrons. The first-order chi connectivity index (χ1) is 23.5. The molecule has 1 aromatic heterocycles. The van der Waals surface area contributed by atoms with Gasteiger partial charge in [0.2, 0.25) is 13.6 Å². The highest BCUT2D eigenvalue weighted by Crippen LogP contribution is 2.65. The summed E-state index contributed by atoms with van der Waals surface area (Å²) in [4.78, 5) is 22.6. The topological polar surface area (TPSA) is 106 Å². The van der Waals surface area contributed by atoms with E-state index in [2.05, 4.69) is 52.0 Å². The molecule has 6 atom stereocenters. The van der Waals surface area contributed by atoms with Crippen LogP contribution in [0.5, 0.6) is 23.0 Å². The number of nitriles is 1. The number of para-hydroxylation sites is 1. The van der Waals surface area contributed by atoms with Gasteiger partial charge in [-0.15, -0.1) is 0 Å². The van der Waals surface area contributed by atoms with Gasteiger partial charge in [0.25, 0.3) is 0 Å². The molecule has 0 aliphatic carbocycles. The van der Waals surface area contributed by atoms with Crippen LogP contribution in [0.3, 0.4) is 0 Å². The van der Waals surface area contributed by atoms with Crippen molar-refractivity contribution in [3.63, 3.8) is 0 Å². The van der Waals surface area contributed by atoms with Crippen LogP contribution in [0.25, 0.3) is 10.9 Å². The third-order valence-electron chi connectivity index (χ3n) is 11.3. The smallest absolute Gasteiger partial charge is 0.330 e.